The smallest absolute Gasteiger partial charge is 0.264 e. The second-order valence-corrected chi connectivity index (χ2v) is 7.58. The Kier molecular flexibility index (Phi) is 5.80. The second-order valence-electron chi connectivity index (χ2n) is 6.67. The molecule has 0 bridgehead atoms. The van der Waals surface area contributed by atoms with Crippen LogP contribution in [0.1, 0.15) is 38.6 Å². The van der Waals surface area contributed by atoms with E-state index < -0.39 is 5.82 Å². The Hall–Kier alpha value is -3.92. The number of hydrogen-bond donors (Lipinski definition) is 2. The monoisotopic (exact) mass is 436 g/mol. The van der Waals surface area contributed by atoms with Gasteiger partial charge in [-0.1, -0.05) is 12.1 Å². The number of hydrogen-bond acceptors (Lipinski definition) is 6. The van der Waals surface area contributed by atoms with Crippen LogP contribution in [-0.2, 0) is 0 Å². The number of rotatable bonds is 6. The van der Waals surface area contributed by atoms with Gasteiger partial charge < -0.3 is 10.6 Å². The van der Waals surface area contributed by atoms with E-state index >= 15 is 0 Å². The molecule has 1 atom stereocenters. The van der Waals surface area contributed by atoms with Gasteiger partial charge >= 0.3 is 0 Å². The summed E-state index contributed by atoms with van der Waals surface area (Å²) in [6.45, 7) is 1.87. The topological polar surface area (TPSA) is 102 Å². The molecule has 8 nitrogen and oxygen atoms in total. The van der Waals surface area contributed by atoms with E-state index in [0.717, 1.165) is 5.56 Å². The largest absolute Gasteiger partial charge is 0.345 e. The quantitative estimate of drug-likeness (QED) is 0.481. The Morgan fingerprint density at radius 3 is 2.45 bits per heavy atom. The van der Waals surface area contributed by atoms with Gasteiger partial charge in [0.15, 0.2) is 0 Å². The van der Waals surface area contributed by atoms with Gasteiger partial charge in [0.1, 0.15) is 17.0 Å². The number of amides is 2. The standard InChI is InChI=1S/C21H17FN6O2S/c1-13(24-21(30)19-18(10-11-31-19)28-12-23-26-27-28)14-4-8-17(9-5-14)25-20(29)15-2-6-16(22)7-3-15/h2-13H,1H3,(H,24,30)(H,25,29). The lowest BCUT2D eigenvalue weighted by Gasteiger charge is -2.15. The fourth-order valence-corrected chi connectivity index (χ4v) is 3.71. The summed E-state index contributed by atoms with van der Waals surface area (Å²) < 4.78 is 14.4. The maximum Gasteiger partial charge on any atom is 0.264 e. The van der Waals surface area contributed by atoms with Crippen LogP contribution < -0.4 is 10.6 Å². The van der Waals surface area contributed by atoms with Crippen LogP contribution in [0.25, 0.3) is 5.69 Å². The van der Waals surface area contributed by atoms with E-state index in [-0.39, 0.29) is 17.9 Å². The van der Waals surface area contributed by atoms with Crippen molar-refractivity contribution in [2.75, 3.05) is 5.32 Å². The molecule has 2 aromatic carbocycles. The predicted octanol–water partition coefficient (Wildman–Crippen LogP) is 3.61. The molecule has 0 radical (unpaired) electrons. The van der Waals surface area contributed by atoms with Crippen molar-refractivity contribution in [1.82, 2.24) is 25.5 Å². The molecular weight excluding hydrogens is 419 g/mol. The molecule has 0 spiro atoms. The summed E-state index contributed by atoms with van der Waals surface area (Å²) in [5.41, 5.74) is 2.43. The lowest BCUT2D eigenvalue weighted by Crippen LogP contribution is -2.26. The fraction of sp³-hybridized carbons (Fsp3) is 0.0952. The third-order valence-electron chi connectivity index (χ3n) is 4.57. The molecule has 0 aliphatic rings. The number of carbonyl (C=O) groups is 2. The number of thiophene rings is 1. The minimum Gasteiger partial charge on any atom is -0.345 e. The van der Waals surface area contributed by atoms with Gasteiger partial charge in [0, 0.05) is 11.3 Å². The molecular formula is C21H17FN6O2S. The number of nitrogens with one attached hydrogen (secondary N) is 2. The molecule has 0 saturated heterocycles. The SMILES string of the molecule is CC(NC(=O)c1sccc1-n1cnnn1)c1ccc(NC(=O)c2ccc(F)cc2)cc1. The number of benzene rings is 2. The average Bonchev–Trinajstić information content (AvgIpc) is 3.46. The van der Waals surface area contributed by atoms with Crippen molar-refractivity contribution in [2.45, 2.75) is 13.0 Å². The molecule has 0 aliphatic carbocycles. The molecule has 0 aliphatic heterocycles. The van der Waals surface area contributed by atoms with Gasteiger partial charge in [-0.25, -0.2) is 4.39 Å². The number of carbonyl (C=O) groups excluding carboxylic acids is 2. The lowest BCUT2D eigenvalue weighted by atomic mass is 10.1. The van der Waals surface area contributed by atoms with Crippen LogP contribution in [0, 0.1) is 5.82 Å². The Morgan fingerprint density at radius 2 is 1.77 bits per heavy atom. The fourth-order valence-electron chi connectivity index (χ4n) is 2.93. The Bertz CT molecular complexity index is 1190. The first-order chi connectivity index (χ1) is 15.0. The van der Waals surface area contributed by atoms with Crippen LogP contribution in [-0.4, -0.2) is 32.0 Å². The molecule has 2 N–H and O–H groups in total. The molecule has 4 rings (SSSR count). The van der Waals surface area contributed by atoms with Crippen LogP contribution in [0.2, 0.25) is 0 Å². The van der Waals surface area contributed by atoms with E-state index in [1.807, 2.05) is 19.1 Å². The van der Waals surface area contributed by atoms with Gasteiger partial charge in [-0.2, -0.15) is 4.68 Å². The minimum absolute atomic E-state index is 0.235. The highest BCUT2D eigenvalue weighted by Gasteiger charge is 2.18. The van der Waals surface area contributed by atoms with Gasteiger partial charge in [-0.05, 0) is 70.8 Å². The maximum atomic E-state index is 13.0. The van der Waals surface area contributed by atoms with Gasteiger partial charge in [0.2, 0.25) is 0 Å². The lowest BCUT2D eigenvalue weighted by molar-refractivity contribution is 0.0943. The summed E-state index contributed by atoms with van der Waals surface area (Å²) in [7, 11) is 0. The molecule has 2 heterocycles. The molecule has 31 heavy (non-hydrogen) atoms. The van der Waals surface area contributed by atoms with Crippen molar-refractivity contribution in [3.05, 3.63) is 88.1 Å². The minimum atomic E-state index is -0.399. The first-order valence-electron chi connectivity index (χ1n) is 9.30. The van der Waals surface area contributed by atoms with Gasteiger partial charge in [-0.15, -0.1) is 16.4 Å². The summed E-state index contributed by atoms with van der Waals surface area (Å²) in [5.74, 6) is -0.965. The van der Waals surface area contributed by atoms with Crippen LogP contribution in [0.15, 0.2) is 66.3 Å². The predicted molar refractivity (Wildman–Crippen MR) is 114 cm³/mol. The summed E-state index contributed by atoms with van der Waals surface area (Å²) in [6, 6.07) is 14.0. The van der Waals surface area contributed by atoms with Crippen LogP contribution in [0.4, 0.5) is 10.1 Å². The number of aromatic nitrogens is 4. The Labute approximate surface area is 180 Å². The highest BCUT2D eigenvalue weighted by Crippen LogP contribution is 2.22. The van der Waals surface area contributed by atoms with E-state index in [1.165, 1.54) is 46.6 Å². The highest BCUT2D eigenvalue weighted by molar-refractivity contribution is 7.12. The number of anilines is 1. The highest BCUT2D eigenvalue weighted by atomic mass is 32.1. The summed E-state index contributed by atoms with van der Waals surface area (Å²) in [5, 5.41) is 18.5. The van der Waals surface area contributed by atoms with Crippen molar-refractivity contribution in [2.24, 2.45) is 0 Å². The second kappa shape index (κ2) is 8.84. The molecule has 4 aromatic rings. The van der Waals surface area contributed by atoms with E-state index in [9.17, 15) is 14.0 Å². The Morgan fingerprint density at radius 1 is 1.03 bits per heavy atom. The van der Waals surface area contributed by atoms with Crippen LogP contribution in [0.3, 0.4) is 0 Å². The molecule has 0 saturated carbocycles. The Balaban J connectivity index is 1.40. The molecule has 10 heteroatoms. The molecule has 2 amide bonds. The summed E-state index contributed by atoms with van der Waals surface area (Å²) in [4.78, 5) is 25.5. The molecule has 1 unspecified atom stereocenters. The zero-order valence-electron chi connectivity index (χ0n) is 16.3. The van der Waals surface area contributed by atoms with E-state index in [4.69, 9.17) is 0 Å². The van der Waals surface area contributed by atoms with Gasteiger partial charge in [0.05, 0.1) is 11.7 Å². The van der Waals surface area contributed by atoms with Crippen LogP contribution >= 0.6 is 11.3 Å². The molecule has 2 aromatic heterocycles. The zero-order valence-corrected chi connectivity index (χ0v) is 17.1. The summed E-state index contributed by atoms with van der Waals surface area (Å²) >= 11 is 1.30. The van der Waals surface area contributed by atoms with Gasteiger partial charge in [-0.3, -0.25) is 9.59 Å². The zero-order chi connectivity index (χ0) is 21.8. The van der Waals surface area contributed by atoms with Crippen molar-refractivity contribution in [1.29, 1.82) is 0 Å². The van der Waals surface area contributed by atoms with Crippen molar-refractivity contribution >= 4 is 28.8 Å². The van der Waals surface area contributed by atoms with Crippen molar-refractivity contribution < 1.29 is 14.0 Å². The number of halogens is 1. The maximum absolute atomic E-state index is 13.0. The molecule has 156 valence electrons. The summed E-state index contributed by atoms with van der Waals surface area (Å²) in [6.07, 6.45) is 1.43. The third kappa shape index (κ3) is 4.64. The number of nitrogens with zero attached hydrogens (tertiary/aromatic N) is 4. The van der Waals surface area contributed by atoms with Crippen LogP contribution in [0.5, 0.6) is 0 Å². The van der Waals surface area contributed by atoms with E-state index in [2.05, 4.69) is 26.2 Å². The van der Waals surface area contributed by atoms with Crippen molar-refractivity contribution in [3.8, 4) is 5.69 Å². The molecule has 0 fully saturated rings. The third-order valence-corrected chi connectivity index (χ3v) is 5.47. The van der Waals surface area contributed by atoms with E-state index in [1.54, 1.807) is 23.6 Å². The first kappa shape index (κ1) is 20.4. The van der Waals surface area contributed by atoms with Crippen molar-refractivity contribution in [3.63, 3.8) is 0 Å². The van der Waals surface area contributed by atoms with E-state index in [0.29, 0.717) is 21.8 Å². The van der Waals surface area contributed by atoms with Gasteiger partial charge in [0.25, 0.3) is 11.8 Å². The first-order valence-corrected chi connectivity index (χ1v) is 10.2. The number of tetrazole rings is 1. The average molecular weight is 436 g/mol. The normalized spacial score (nSPS) is 11.7.